The van der Waals surface area contributed by atoms with Gasteiger partial charge in [0.2, 0.25) is 0 Å². The van der Waals surface area contributed by atoms with E-state index >= 15 is 0 Å². The van der Waals surface area contributed by atoms with Gasteiger partial charge in [-0.15, -0.1) is 0 Å². The van der Waals surface area contributed by atoms with Crippen LogP contribution in [0.1, 0.15) is 58.6 Å². The Hall–Kier alpha value is -3.00. The van der Waals surface area contributed by atoms with E-state index in [4.69, 9.17) is 4.74 Å². The molecular weight excluding hydrogens is 442 g/mol. The van der Waals surface area contributed by atoms with Gasteiger partial charge in [0.15, 0.2) is 0 Å². The lowest BCUT2D eigenvalue weighted by molar-refractivity contribution is 0.0373. The highest BCUT2D eigenvalue weighted by atomic mass is 16.5. The molecule has 4 rings (SSSR count). The molecule has 1 aromatic heterocycles. The summed E-state index contributed by atoms with van der Waals surface area (Å²) in [5.41, 5.74) is 1.91. The molecule has 35 heavy (non-hydrogen) atoms. The summed E-state index contributed by atoms with van der Waals surface area (Å²) in [5, 5.41) is 0. The Morgan fingerprint density at radius 1 is 0.971 bits per heavy atom. The Morgan fingerprint density at radius 2 is 1.71 bits per heavy atom. The van der Waals surface area contributed by atoms with Gasteiger partial charge >= 0.3 is 0 Å². The maximum Gasteiger partial charge on any atom is 0.274 e. The summed E-state index contributed by atoms with van der Waals surface area (Å²) < 4.78 is 5.77. The zero-order chi connectivity index (χ0) is 24.8. The smallest absolute Gasteiger partial charge is 0.274 e. The number of hydrogen-bond acceptors (Lipinski definition) is 6. The number of piperidine rings is 2. The molecule has 0 N–H and O–H groups in total. The predicted octanol–water partition coefficient (Wildman–Crippen LogP) is 3.27. The lowest BCUT2D eigenvalue weighted by atomic mass is 9.83. The van der Waals surface area contributed by atoms with E-state index in [2.05, 4.69) is 19.8 Å². The molecule has 1 atom stereocenters. The molecule has 2 fully saturated rings. The fourth-order valence-electron chi connectivity index (χ4n) is 5.06. The van der Waals surface area contributed by atoms with Crippen molar-refractivity contribution in [3.8, 4) is 5.75 Å². The number of hydrogen-bond donors (Lipinski definition) is 0. The van der Waals surface area contributed by atoms with E-state index in [1.54, 1.807) is 12.4 Å². The molecule has 2 aliphatic heterocycles. The second-order valence-electron chi connectivity index (χ2n) is 9.91. The van der Waals surface area contributed by atoms with Crippen LogP contribution >= 0.6 is 0 Å². The molecule has 0 aliphatic carbocycles. The highest BCUT2D eigenvalue weighted by Crippen LogP contribution is 2.32. The molecule has 0 spiro atoms. The largest absolute Gasteiger partial charge is 0.492 e. The van der Waals surface area contributed by atoms with Gasteiger partial charge in [-0.25, -0.2) is 4.98 Å². The topological polar surface area (TPSA) is 78.9 Å². The molecule has 8 heteroatoms. The summed E-state index contributed by atoms with van der Waals surface area (Å²) in [4.78, 5) is 40.8. The number of amides is 2. The zero-order valence-corrected chi connectivity index (χ0v) is 21.2. The van der Waals surface area contributed by atoms with E-state index in [9.17, 15) is 9.59 Å². The Kier molecular flexibility index (Phi) is 8.33. The molecule has 3 heterocycles. The molecule has 188 valence electrons. The SMILES string of the molecule is Cc1cnc(C(=O)N2CCC(C3CCCCN3C(=O)c3ccc(OCCN(C)C)cc3)CC2)cn1. The standard InChI is InChI=1S/C27H37N5O3/c1-20-18-29-24(19-28-20)27(34)31-14-11-21(12-15-31)25-6-4-5-13-32(25)26(33)22-7-9-23(10-8-22)35-17-16-30(2)3/h7-10,18-19,21,25H,4-6,11-17H2,1-3H3. The van der Waals surface area contributed by atoms with Crippen molar-refractivity contribution in [2.75, 3.05) is 46.9 Å². The van der Waals surface area contributed by atoms with Crippen molar-refractivity contribution in [1.82, 2.24) is 24.7 Å². The number of aryl methyl sites for hydroxylation is 1. The first-order valence-electron chi connectivity index (χ1n) is 12.7. The molecule has 2 aromatic rings. The summed E-state index contributed by atoms with van der Waals surface area (Å²) in [6.07, 6.45) is 8.20. The maximum absolute atomic E-state index is 13.5. The third kappa shape index (κ3) is 6.36. The van der Waals surface area contributed by atoms with Crippen molar-refractivity contribution >= 4 is 11.8 Å². The highest BCUT2D eigenvalue weighted by Gasteiger charge is 2.36. The van der Waals surface area contributed by atoms with Crippen LogP contribution in [0.5, 0.6) is 5.75 Å². The third-order valence-corrected chi connectivity index (χ3v) is 7.09. The van der Waals surface area contributed by atoms with Crippen LogP contribution < -0.4 is 4.74 Å². The van der Waals surface area contributed by atoms with Crippen LogP contribution in [0.25, 0.3) is 0 Å². The van der Waals surface area contributed by atoms with Gasteiger partial charge in [0.1, 0.15) is 18.1 Å². The minimum Gasteiger partial charge on any atom is -0.492 e. The fraction of sp³-hybridized carbons (Fsp3) is 0.556. The van der Waals surface area contributed by atoms with Gasteiger partial charge in [-0.1, -0.05) is 0 Å². The van der Waals surface area contributed by atoms with Crippen molar-refractivity contribution in [2.45, 2.75) is 45.1 Å². The van der Waals surface area contributed by atoms with Crippen molar-refractivity contribution in [2.24, 2.45) is 5.92 Å². The lowest BCUT2D eigenvalue weighted by Gasteiger charge is -2.43. The Bertz CT molecular complexity index is 985. The average molecular weight is 480 g/mol. The number of ether oxygens (including phenoxy) is 1. The highest BCUT2D eigenvalue weighted by molar-refractivity contribution is 5.94. The van der Waals surface area contributed by atoms with Gasteiger partial charge in [-0.3, -0.25) is 14.6 Å². The minimum absolute atomic E-state index is 0.0552. The normalized spacial score (nSPS) is 19.1. The van der Waals surface area contributed by atoms with Crippen molar-refractivity contribution in [1.29, 1.82) is 0 Å². The van der Waals surface area contributed by atoms with Gasteiger partial charge in [0, 0.05) is 44.0 Å². The van der Waals surface area contributed by atoms with Gasteiger partial charge in [0.25, 0.3) is 11.8 Å². The van der Waals surface area contributed by atoms with Crippen LogP contribution in [-0.2, 0) is 0 Å². The Labute approximate surface area is 208 Å². The second kappa shape index (κ2) is 11.6. The summed E-state index contributed by atoms with van der Waals surface area (Å²) in [6.45, 7) is 5.50. The number of carbonyl (C=O) groups excluding carboxylic acids is 2. The van der Waals surface area contributed by atoms with E-state index in [0.29, 0.717) is 36.9 Å². The van der Waals surface area contributed by atoms with Gasteiger partial charge < -0.3 is 19.4 Å². The van der Waals surface area contributed by atoms with Crippen LogP contribution in [0.3, 0.4) is 0 Å². The Morgan fingerprint density at radius 3 is 2.37 bits per heavy atom. The number of carbonyl (C=O) groups is 2. The second-order valence-corrected chi connectivity index (χ2v) is 9.91. The molecular formula is C27H37N5O3. The number of benzene rings is 1. The molecule has 2 amide bonds. The number of aromatic nitrogens is 2. The predicted molar refractivity (Wildman–Crippen MR) is 135 cm³/mol. The van der Waals surface area contributed by atoms with Crippen molar-refractivity contribution in [3.63, 3.8) is 0 Å². The monoisotopic (exact) mass is 479 g/mol. The third-order valence-electron chi connectivity index (χ3n) is 7.09. The molecule has 1 aromatic carbocycles. The van der Waals surface area contributed by atoms with Gasteiger partial charge in [-0.05, 0) is 83.3 Å². The molecule has 2 aliphatic rings. The number of nitrogens with zero attached hydrogens (tertiary/aromatic N) is 5. The number of likely N-dealkylation sites (tertiary alicyclic amines) is 2. The minimum atomic E-state index is -0.0552. The summed E-state index contributed by atoms with van der Waals surface area (Å²) in [7, 11) is 4.03. The van der Waals surface area contributed by atoms with E-state index in [-0.39, 0.29) is 17.9 Å². The van der Waals surface area contributed by atoms with E-state index in [1.165, 1.54) is 0 Å². The van der Waals surface area contributed by atoms with Crippen LogP contribution in [0.2, 0.25) is 0 Å². The Balaban J connectivity index is 1.35. The summed E-state index contributed by atoms with van der Waals surface area (Å²) in [6, 6.07) is 7.76. The zero-order valence-electron chi connectivity index (χ0n) is 21.2. The molecule has 0 radical (unpaired) electrons. The van der Waals surface area contributed by atoms with Crippen molar-refractivity contribution in [3.05, 3.63) is 53.6 Å². The van der Waals surface area contributed by atoms with E-state index in [1.807, 2.05) is 50.2 Å². The van der Waals surface area contributed by atoms with Crippen LogP contribution in [-0.4, -0.2) is 89.4 Å². The number of rotatable bonds is 7. The van der Waals surface area contributed by atoms with E-state index in [0.717, 1.165) is 56.6 Å². The van der Waals surface area contributed by atoms with Gasteiger partial charge in [0.05, 0.1) is 11.9 Å². The lowest BCUT2D eigenvalue weighted by Crippen LogP contribution is -2.51. The van der Waals surface area contributed by atoms with Crippen LogP contribution in [0.15, 0.2) is 36.7 Å². The first kappa shape index (κ1) is 25.1. The average Bonchev–Trinajstić information content (AvgIpc) is 2.89. The number of likely N-dealkylation sites (N-methyl/N-ethyl adjacent to an activating group) is 1. The summed E-state index contributed by atoms with van der Waals surface area (Å²) >= 11 is 0. The quantitative estimate of drug-likeness (QED) is 0.607. The fourth-order valence-corrected chi connectivity index (χ4v) is 5.06. The molecule has 8 nitrogen and oxygen atoms in total. The first-order valence-corrected chi connectivity index (χ1v) is 12.7. The van der Waals surface area contributed by atoms with Crippen LogP contribution in [0.4, 0.5) is 0 Å². The summed E-state index contributed by atoms with van der Waals surface area (Å²) in [5.74, 6) is 1.23. The van der Waals surface area contributed by atoms with Crippen LogP contribution in [0, 0.1) is 12.8 Å². The van der Waals surface area contributed by atoms with E-state index < -0.39 is 0 Å². The molecule has 0 saturated carbocycles. The van der Waals surface area contributed by atoms with Gasteiger partial charge in [-0.2, -0.15) is 0 Å². The molecule has 0 bridgehead atoms. The van der Waals surface area contributed by atoms with Crippen molar-refractivity contribution < 1.29 is 14.3 Å². The molecule has 1 unspecified atom stereocenters. The molecule has 2 saturated heterocycles. The first-order chi connectivity index (χ1) is 16.9. The maximum atomic E-state index is 13.5.